The van der Waals surface area contributed by atoms with Crippen molar-refractivity contribution in [3.05, 3.63) is 46.5 Å². The molecule has 0 saturated carbocycles. The first-order chi connectivity index (χ1) is 11.1. The molecule has 2 aromatic heterocycles. The maximum Gasteiger partial charge on any atom is 0.255 e. The van der Waals surface area contributed by atoms with Crippen LogP contribution in [0, 0.1) is 13.8 Å². The van der Waals surface area contributed by atoms with Crippen LogP contribution >= 0.6 is 11.3 Å². The third-order valence-corrected chi connectivity index (χ3v) is 4.62. The maximum absolute atomic E-state index is 12.5. The number of aryl methyl sites for hydroxylation is 2. The lowest BCUT2D eigenvalue weighted by atomic mass is 10.1. The predicted molar refractivity (Wildman–Crippen MR) is 89.6 cm³/mol. The highest BCUT2D eigenvalue weighted by atomic mass is 32.1. The Morgan fingerprint density at radius 2 is 2.04 bits per heavy atom. The number of anilines is 1. The number of fused-ring (bicyclic) bond motifs is 2. The summed E-state index contributed by atoms with van der Waals surface area (Å²) in [7, 11) is 0. The fourth-order valence-electron chi connectivity index (χ4n) is 2.71. The molecule has 1 aliphatic rings. The number of pyridine rings is 1. The molecule has 0 spiro atoms. The molecule has 1 aliphatic heterocycles. The summed E-state index contributed by atoms with van der Waals surface area (Å²) in [6, 6.07) is 7.19. The van der Waals surface area contributed by atoms with Gasteiger partial charge in [-0.3, -0.25) is 4.79 Å². The van der Waals surface area contributed by atoms with Gasteiger partial charge in [-0.1, -0.05) is 0 Å². The van der Waals surface area contributed by atoms with Crippen LogP contribution in [0.1, 0.15) is 21.6 Å². The van der Waals surface area contributed by atoms with Gasteiger partial charge in [0, 0.05) is 22.0 Å². The van der Waals surface area contributed by atoms with E-state index in [1.54, 1.807) is 18.2 Å². The predicted octanol–water partition coefficient (Wildman–Crippen LogP) is 3.89. The third-order valence-electron chi connectivity index (χ3n) is 3.75. The van der Waals surface area contributed by atoms with Crippen LogP contribution in [-0.2, 0) is 0 Å². The summed E-state index contributed by atoms with van der Waals surface area (Å²) in [6.07, 6.45) is 0. The molecule has 1 N–H and O–H groups in total. The Labute approximate surface area is 136 Å². The molecule has 0 atom stereocenters. The summed E-state index contributed by atoms with van der Waals surface area (Å²) in [6.45, 7) is 4.19. The quantitative estimate of drug-likeness (QED) is 0.776. The second-order valence-corrected chi connectivity index (χ2v) is 6.29. The Balaban J connectivity index is 1.67. The van der Waals surface area contributed by atoms with Gasteiger partial charge in [-0.05, 0) is 43.7 Å². The van der Waals surface area contributed by atoms with Crippen molar-refractivity contribution in [3.63, 3.8) is 0 Å². The lowest BCUT2D eigenvalue weighted by molar-refractivity contribution is 0.102. The van der Waals surface area contributed by atoms with Gasteiger partial charge in [0.05, 0.1) is 5.69 Å². The molecule has 4 rings (SSSR count). The number of aromatic nitrogens is 1. The summed E-state index contributed by atoms with van der Waals surface area (Å²) in [5.74, 6) is 1.09. The summed E-state index contributed by atoms with van der Waals surface area (Å²) < 4.78 is 10.6. The minimum atomic E-state index is -0.178. The zero-order valence-corrected chi connectivity index (χ0v) is 13.5. The Hall–Kier alpha value is -2.60. The minimum Gasteiger partial charge on any atom is -0.454 e. The van der Waals surface area contributed by atoms with E-state index in [4.69, 9.17) is 9.47 Å². The Morgan fingerprint density at radius 1 is 1.22 bits per heavy atom. The molecule has 0 saturated heterocycles. The summed E-state index contributed by atoms with van der Waals surface area (Å²) in [5.41, 5.74) is 3.41. The van der Waals surface area contributed by atoms with Crippen LogP contribution < -0.4 is 14.8 Å². The number of carbonyl (C=O) groups is 1. The molecule has 116 valence electrons. The smallest absolute Gasteiger partial charge is 0.255 e. The molecule has 3 aromatic rings. The van der Waals surface area contributed by atoms with E-state index in [1.807, 2.05) is 25.3 Å². The number of hydrogen-bond acceptors (Lipinski definition) is 5. The van der Waals surface area contributed by atoms with E-state index in [0.29, 0.717) is 17.1 Å². The van der Waals surface area contributed by atoms with Crippen molar-refractivity contribution in [2.75, 3.05) is 12.1 Å². The van der Waals surface area contributed by atoms with Gasteiger partial charge in [-0.25, -0.2) is 4.98 Å². The lowest BCUT2D eigenvalue weighted by Gasteiger charge is -2.07. The first kappa shape index (κ1) is 14.0. The standard InChI is InChI=1S/C17H14N2O3S/c1-9-5-10(2)18-17-15(9)12(7-23-17)19-16(20)11-3-4-13-14(6-11)22-8-21-13/h3-7H,8H2,1-2H3,(H,19,20). The molecule has 6 heteroatoms. The van der Waals surface area contributed by atoms with Crippen LogP contribution in [0.15, 0.2) is 29.6 Å². The maximum atomic E-state index is 12.5. The van der Waals surface area contributed by atoms with Gasteiger partial charge in [-0.2, -0.15) is 0 Å². The van der Waals surface area contributed by atoms with E-state index >= 15 is 0 Å². The SMILES string of the molecule is Cc1cc(C)c2c(NC(=O)c3ccc4c(c3)OCO4)csc2n1. The van der Waals surface area contributed by atoms with Gasteiger partial charge >= 0.3 is 0 Å². The molecule has 0 unspecified atom stereocenters. The van der Waals surface area contributed by atoms with E-state index in [2.05, 4.69) is 10.3 Å². The molecular weight excluding hydrogens is 312 g/mol. The van der Waals surface area contributed by atoms with Gasteiger partial charge in [-0.15, -0.1) is 11.3 Å². The molecule has 23 heavy (non-hydrogen) atoms. The molecule has 0 radical (unpaired) electrons. The number of hydrogen-bond donors (Lipinski definition) is 1. The normalized spacial score (nSPS) is 12.6. The van der Waals surface area contributed by atoms with Crippen LogP contribution in [0.4, 0.5) is 5.69 Å². The van der Waals surface area contributed by atoms with Crippen LogP contribution in [0.5, 0.6) is 11.5 Å². The van der Waals surface area contributed by atoms with Crippen LogP contribution in [0.25, 0.3) is 10.2 Å². The van der Waals surface area contributed by atoms with Crippen molar-refractivity contribution in [3.8, 4) is 11.5 Å². The second-order valence-electron chi connectivity index (χ2n) is 5.43. The van der Waals surface area contributed by atoms with Gasteiger partial charge in [0.25, 0.3) is 5.91 Å². The van der Waals surface area contributed by atoms with Gasteiger partial charge in [0.1, 0.15) is 4.83 Å². The number of nitrogens with one attached hydrogen (secondary N) is 1. The highest BCUT2D eigenvalue weighted by Crippen LogP contribution is 2.34. The lowest BCUT2D eigenvalue weighted by Crippen LogP contribution is -2.11. The monoisotopic (exact) mass is 326 g/mol. The van der Waals surface area contributed by atoms with E-state index in [1.165, 1.54) is 11.3 Å². The zero-order chi connectivity index (χ0) is 16.0. The number of amides is 1. The van der Waals surface area contributed by atoms with Crippen LogP contribution in [0.3, 0.4) is 0 Å². The first-order valence-electron chi connectivity index (χ1n) is 7.18. The largest absolute Gasteiger partial charge is 0.454 e. The zero-order valence-electron chi connectivity index (χ0n) is 12.7. The molecule has 5 nitrogen and oxygen atoms in total. The summed E-state index contributed by atoms with van der Waals surface area (Å²) in [5, 5.41) is 5.89. The van der Waals surface area contributed by atoms with Crippen molar-refractivity contribution in [2.24, 2.45) is 0 Å². The Kier molecular flexibility index (Phi) is 3.20. The second kappa shape index (κ2) is 5.24. The highest BCUT2D eigenvalue weighted by molar-refractivity contribution is 7.17. The third kappa shape index (κ3) is 2.41. The topological polar surface area (TPSA) is 60.5 Å². The van der Waals surface area contributed by atoms with Gasteiger partial charge < -0.3 is 14.8 Å². The van der Waals surface area contributed by atoms with E-state index < -0.39 is 0 Å². The minimum absolute atomic E-state index is 0.178. The average molecular weight is 326 g/mol. The molecule has 1 aromatic carbocycles. The number of carbonyl (C=O) groups excluding carboxylic acids is 1. The number of nitrogens with zero attached hydrogens (tertiary/aromatic N) is 1. The average Bonchev–Trinajstić information content (AvgIpc) is 3.13. The van der Waals surface area contributed by atoms with Crippen molar-refractivity contribution in [1.29, 1.82) is 0 Å². The molecule has 0 aliphatic carbocycles. The molecule has 3 heterocycles. The molecular formula is C17H14N2O3S. The highest BCUT2D eigenvalue weighted by Gasteiger charge is 2.17. The number of thiophene rings is 1. The fraction of sp³-hybridized carbons (Fsp3) is 0.176. The number of rotatable bonds is 2. The summed E-state index contributed by atoms with van der Waals surface area (Å²) >= 11 is 1.53. The van der Waals surface area contributed by atoms with Crippen LogP contribution in [-0.4, -0.2) is 17.7 Å². The first-order valence-corrected chi connectivity index (χ1v) is 8.06. The van der Waals surface area contributed by atoms with Gasteiger partial charge in [0.2, 0.25) is 6.79 Å². The number of benzene rings is 1. The van der Waals surface area contributed by atoms with E-state index in [0.717, 1.165) is 27.2 Å². The number of ether oxygens (including phenoxy) is 2. The van der Waals surface area contributed by atoms with Gasteiger partial charge in [0.15, 0.2) is 11.5 Å². The van der Waals surface area contributed by atoms with Crippen molar-refractivity contribution in [1.82, 2.24) is 4.98 Å². The van der Waals surface area contributed by atoms with Crippen molar-refractivity contribution in [2.45, 2.75) is 13.8 Å². The van der Waals surface area contributed by atoms with Crippen LogP contribution in [0.2, 0.25) is 0 Å². The molecule has 0 fully saturated rings. The Bertz CT molecular complexity index is 933. The van der Waals surface area contributed by atoms with Crippen molar-refractivity contribution < 1.29 is 14.3 Å². The molecule has 1 amide bonds. The summed E-state index contributed by atoms with van der Waals surface area (Å²) in [4.78, 5) is 18.0. The fourth-order valence-corrected chi connectivity index (χ4v) is 3.71. The van der Waals surface area contributed by atoms with E-state index in [9.17, 15) is 4.79 Å². The molecule has 0 bridgehead atoms. The Morgan fingerprint density at radius 3 is 2.91 bits per heavy atom. The van der Waals surface area contributed by atoms with Crippen molar-refractivity contribution >= 4 is 33.1 Å². The van der Waals surface area contributed by atoms with E-state index in [-0.39, 0.29) is 12.7 Å².